The number of ketones is 1. The summed E-state index contributed by atoms with van der Waals surface area (Å²) in [5.74, 6) is -2.40. The number of hydrogen-bond acceptors (Lipinski definition) is 3. The average Bonchev–Trinajstić information content (AvgIpc) is 3.03. The van der Waals surface area contributed by atoms with Crippen molar-refractivity contribution in [2.24, 2.45) is 5.41 Å². The second kappa shape index (κ2) is 8.23. The summed E-state index contributed by atoms with van der Waals surface area (Å²) in [5.41, 5.74) is 0.453. The van der Waals surface area contributed by atoms with Gasteiger partial charge in [-0.1, -0.05) is 0 Å². The van der Waals surface area contributed by atoms with Gasteiger partial charge in [-0.3, -0.25) is 9.59 Å². The molecule has 2 heterocycles. The topological polar surface area (TPSA) is 49.4 Å². The second-order valence-electron chi connectivity index (χ2n) is 6.86. The minimum atomic E-state index is -1.04. The van der Waals surface area contributed by atoms with Crippen molar-refractivity contribution in [3.8, 4) is 0 Å². The van der Waals surface area contributed by atoms with Crippen molar-refractivity contribution in [2.75, 3.05) is 26.2 Å². The quantitative estimate of drug-likeness (QED) is 0.827. The maximum atomic E-state index is 13.2. The number of halogens is 3. The van der Waals surface area contributed by atoms with Gasteiger partial charge in [0.2, 0.25) is 5.91 Å². The van der Waals surface area contributed by atoms with Gasteiger partial charge in [0, 0.05) is 38.0 Å². The Morgan fingerprint density at radius 2 is 1.80 bits per heavy atom. The molecular formula is C18H23ClF2N2O2. The molecule has 4 nitrogen and oxygen atoms in total. The summed E-state index contributed by atoms with van der Waals surface area (Å²) in [4.78, 5) is 26.1. The highest BCUT2D eigenvalue weighted by Gasteiger charge is 2.37. The lowest BCUT2D eigenvalue weighted by atomic mass is 9.78. The molecule has 1 N–H and O–H groups in total. The third-order valence-electron chi connectivity index (χ3n) is 5.32. The Morgan fingerprint density at radius 3 is 2.40 bits per heavy atom. The van der Waals surface area contributed by atoms with Crippen LogP contribution in [0, 0.1) is 17.0 Å². The van der Waals surface area contributed by atoms with Gasteiger partial charge in [0.05, 0.1) is 0 Å². The summed E-state index contributed by atoms with van der Waals surface area (Å²) in [6.45, 7) is 3.56. The van der Waals surface area contributed by atoms with Crippen LogP contribution in [0.2, 0.25) is 0 Å². The molecule has 2 aliphatic heterocycles. The molecule has 2 fully saturated rings. The van der Waals surface area contributed by atoms with Crippen LogP contribution in [0.3, 0.4) is 0 Å². The van der Waals surface area contributed by atoms with E-state index < -0.39 is 11.6 Å². The summed E-state index contributed by atoms with van der Waals surface area (Å²) < 4.78 is 26.1. The summed E-state index contributed by atoms with van der Waals surface area (Å²) >= 11 is 0. The standard InChI is InChI=1S/C18H22F2N2O2.ClH/c19-14-2-1-13(11-15(14)20)16(23)3-4-17(24)22-9-6-18(7-10-22)5-8-21-12-18;/h1-2,11,21H,3-10,12H2;1H. The Bertz CT molecular complexity index is 638. The number of rotatable bonds is 4. The van der Waals surface area contributed by atoms with Crippen molar-refractivity contribution < 1.29 is 18.4 Å². The van der Waals surface area contributed by atoms with Gasteiger partial charge in [-0.05, 0) is 49.4 Å². The van der Waals surface area contributed by atoms with E-state index >= 15 is 0 Å². The third-order valence-corrected chi connectivity index (χ3v) is 5.32. The first kappa shape index (κ1) is 19.8. The van der Waals surface area contributed by atoms with Gasteiger partial charge in [0.25, 0.3) is 0 Å². The fourth-order valence-electron chi connectivity index (χ4n) is 3.65. The maximum absolute atomic E-state index is 13.2. The molecule has 138 valence electrons. The van der Waals surface area contributed by atoms with Crippen LogP contribution in [-0.2, 0) is 4.79 Å². The number of carbonyl (C=O) groups is 2. The molecule has 2 aliphatic rings. The number of hydrogen-bond donors (Lipinski definition) is 1. The molecule has 1 amide bonds. The molecule has 0 atom stereocenters. The number of nitrogens with zero attached hydrogens (tertiary/aromatic N) is 1. The number of likely N-dealkylation sites (tertiary alicyclic amines) is 1. The van der Waals surface area contributed by atoms with E-state index in [-0.39, 0.29) is 42.5 Å². The van der Waals surface area contributed by atoms with Crippen LogP contribution in [0.1, 0.15) is 42.5 Å². The normalized spacial score (nSPS) is 18.9. The Hall–Kier alpha value is -1.53. The predicted molar refractivity (Wildman–Crippen MR) is 92.9 cm³/mol. The minimum absolute atomic E-state index is 0. The molecule has 0 bridgehead atoms. The first-order chi connectivity index (χ1) is 11.5. The lowest BCUT2D eigenvalue weighted by Crippen LogP contribution is -2.44. The van der Waals surface area contributed by atoms with E-state index in [4.69, 9.17) is 0 Å². The van der Waals surface area contributed by atoms with Crippen molar-refractivity contribution in [3.63, 3.8) is 0 Å². The van der Waals surface area contributed by atoms with E-state index in [1.807, 2.05) is 4.90 Å². The number of piperidine rings is 1. The van der Waals surface area contributed by atoms with E-state index in [1.165, 1.54) is 12.5 Å². The van der Waals surface area contributed by atoms with Gasteiger partial charge in [0.1, 0.15) is 0 Å². The zero-order valence-electron chi connectivity index (χ0n) is 14.0. The molecule has 0 saturated carbocycles. The van der Waals surface area contributed by atoms with E-state index in [0.717, 1.165) is 51.2 Å². The van der Waals surface area contributed by atoms with Crippen LogP contribution >= 0.6 is 12.4 Å². The average molecular weight is 373 g/mol. The molecule has 7 heteroatoms. The van der Waals surface area contributed by atoms with Gasteiger partial charge < -0.3 is 10.2 Å². The molecule has 1 spiro atoms. The van der Waals surface area contributed by atoms with Gasteiger partial charge in [-0.25, -0.2) is 8.78 Å². The summed E-state index contributed by atoms with van der Waals surface area (Å²) in [5, 5.41) is 3.39. The van der Waals surface area contributed by atoms with E-state index in [0.29, 0.717) is 5.41 Å². The highest BCUT2D eigenvalue weighted by atomic mass is 35.5. The van der Waals surface area contributed by atoms with Gasteiger partial charge in [-0.2, -0.15) is 0 Å². The molecule has 0 radical (unpaired) electrons. The Morgan fingerprint density at radius 1 is 1.08 bits per heavy atom. The molecular weight excluding hydrogens is 350 g/mol. The molecule has 25 heavy (non-hydrogen) atoms. The number of amides is 1. The molecule has 1 aromatic rings. The van der Waals surface area contributed by atoms with Crippen LogP contribution in [0.15, 0.2) is 18.2 Å². The monoisotopic (exact) mass is 372 g/mol. The smallest absolute Gasteiger partial charge is 0.223 e. The maximum Gasteiger partial charge on any atom is 0.223 e. The van der Waals surface area contributed by atoms with Crippen LogP contribution in [0.25, 0.3) is 0 Å². The summed E-state index contributed by atoms with van der Waals surface area (Å²) in [6.07, 6.45) is 3.31. The molecule has 0 aromatic heterocycles. The molecule has 3 rings (SSSR count). The number of benzene rings is 1. The Balaban J connectivity index is 0.00000225. The van der Waals surface area contributed by atoms with Gasteiger partial charge in [-0.15, -0.1) is 12.4 Å². The zero-order chi connectivity index (χ0) is 17.2. The fraction of sp³-hybridized carbons (Fsp3) is 0.556. The summed E-state index contributed by atoms with van der Waals surface area (Å²) in [6, 6.07) is 3.08. The highest BCUT2D eigenvalue weighted by molar-refractivity contribution is 5.97. The lowest BCUT2D eigenvalue weighted by Gasteiger charge is -2.38. The molecule has 0 aliphatic carbocycles. The minimum Gasteiger partial charge on any atom is -0.343 e. The second-order valence-corrected chi connectivity index (χ2v) is 6.86. The van der Waals surface area contributed by atoms with Crippen LogP contribution in [-0.4, -0.2) is 42.8 Å². The van der Waals surface area contributed by atoms with E-state index in [2.05, 4.69) is 5.32 Å². The van der Waals surface area contributed by atoms with Crippen LogP contribution < -0.4 is 5.32 Å². The Labute approximate surface area is 152 Å². The SMILES string of the molecule is Cl.O=C(CCC(=O)N1CCC2(CCNC2)CC1)c1ccc(F)c(F)c1. The molecule has 0 unspecified atom stereocenters. The van der Waals surface area contributed by atoms with Crippen LogP contribution in [0.4, 0.5) is 8.78 Å². The van der Waals surface area contributed by atoms with Crippen molar-refractivity contribution in [2.45, 2.75) is 32.1 Å². The van der Waals surface area contributed by atoms with Crippen molar-refractivity contribution in [3.05, 3.63) is 35.4 Å². The number of nitrogens with one attached hydrogen (secondary N) is 1. The van der Waals surface area contributed by atoms with Crippen molar-refractivity contribution in [1.29, 1.82) is 0 Å². The highest BCUT2D eigenvalue weighted by Crippen LogP contribution is 2.37. The Kier molecular flexibility index (Phi) is 6.52. The van der Waals surface area contributed by atoms with Crippen molar-refractivity contribution >= 4 is 24.1 Å². The number of carbonyl (C=O) groups excluding carboxylic acids is 2. The van der Waals surface area contributed by atoms with E-state index in [1.54, 1.807) is 0 Å². The predicted octanol–water partition coefficient (Wildman–Crippen LogP) is 2.95. The zero-order valence-corrected chi connectivity index (χ0v) is 14.8. The van der Waals surface area contributed by atoms with E-state index in [9.17, 15) is 18.4 Å². The van der Waals surface area contributed by atoms with Gasteiger partial charge >= 0.3 is 0 Å². The number of Topliss-reactive ketones (excluding diaryl/α,β-unsaturated/α-hetero) is 1. The van der Waals surface area contributed by atoms with Crippen LogP contribution in [0.5, 0.6) is 0 Å². The first-order valence-corrected chi connectivity index (χ1v) is 8.46. The molecule has 1 aromatic carbocycles. The summed E-state index contributed by atoms with van der Waals surface area (Å²) in [7, 11) is 0. The lowest BCUT2D eigenvalue weighted by molar-refractivity contribution is -0.133. The third kappa shape index (κ3) is 4.55. The van der Waals surface area contributed by atoms with Gasteiger partial charge in [0.15, 0.2) is 17.4 Å². The largest absolute Gasteiger partial charge is 0.343 e. The first-order valence-electron chi connectivity index (χ1n) is 8.46. The molecule has 2 saturated heterocycles. The fourth-order valence-corrected chi connectivity index (χ4v) is 3.65. The van der Waals surface area contributed by atoms with Crippen molar-refractivity contribution in [1.82, 2.24) is 10.2 Å².